The number of hydrogen-bond donors (Lipinski definition) is 1. The summed E-state index contributed by atoms with van der Waals surface area (Å²) < 4.78 is 26.6. The number of benzene rings is 2. The van der Waals surface area contributed by atoms with Gasteiger partial charge in [0, 0.05) is 13.6 Å². The van der Waals surface area contributed by atoms with Gasteiger partial charge < -0.3 is 5.73 Å². The molecule has 0 fully saturated rings. The summed E-state index contributed by atoms with van der Waals surface area (Å²) in [6, 6.07) is 12.7. The molecule has 0 saturated heterocycles. The molecule has 0 radical (unpaired) electrons. The first-order valence-corrected chi connectivity index (χ1v) is 8.13. The van der Waals surface area contributed by atoms with E-state index in [2.05, 4.69) is 0 Å². The number of nitrogens with two attached hydrogens (primary N) is 1. The largest absolute Gasteiger partial charge is 0.398 e. The maximum atomic E-state index is 12.6. The van der Waals surface area contributed by atoms with Gasteiger partial charge in [0.15, 0.2) is 0 Å². The van der Waals surface area contributed by atoms with Crippen molar-refractivity contribution < 1.29 is 8.42 Å². The van der Waals surface area contributed by atoms with Crippen LogP contribution in [0.1, 0.15) is 16.7 Å². The topological polar surface area (TPSA) is 63.4 Å². The highest BCUT2D eigenvalue weighted by atomic mass is 32.2. The summed E-state index contributed by atoms with van der Waals surface area (Å²) in [6.07, 6.45) is 0. The lowest BCUT2D eigenvalue weighted by molar-refractivity contribution is 0.466. The van der Waals surface area contributed by atoms with Gasteiger partial charge in [0.25, 0.3) is 0 Å². The third-order valence-corrected chi connectivity index (χ3v) is 5.39. The molecule has 0 heterocycles. The first-order chi connectivity index (χ1) is 9.82. The van der Waals surface area contributed by atoms with Crippen LogP contribution in [0.3, 0.4) is 0 Å². The van der Waals surface area contributed by atoms with E-state index in [0.29, 0.717) is 6.54 Å². The highest BCUT2D eigenvalue weighted by Gasteiger charge is 2.23. The molecule has 0 atom stereocenters. The Kier molecular flexibility index (Phi) is 4.34. The maximum Gasteiger partial charge on any atom is 0.245 e. The third-order valence-electron chi connectivity index (χ3n) is 3.51. The first kappa shape index (κ1) is 15.5. The summed E-state index contributed by atoms with van der Waals surface area (Å²) in [4.78, 5) is 0.157. The number of rotatable bonds is 4. The van der Waals surface area contributed by atoms with Crippen LogP contribution in [0.15, 0.2) is 47.4 Å². The Morgan fingerprint density at radius 1 is 1.10 bits per heavy atom. The minimum atomic E-state index is -3.59. The second-order valence-corrected chi connectivity index (χ2v) is 7.24. The summed E-state index contributed by atoms with van der Waals surface area (Å²) in [5.74, 6) is 0. The minimum absolute atomic E-state index is 0.157. The molecule has 0 spiro atoms. The van der Waals surface area contributed by atoms with Crippen LogP contribution >= 0.6 is 0 Å². The molecule has 0 aliphatic carbocycles. The quantitative estimate of drug-likeness (QED) is 0.883. The van der Waals surface area contributed by atoms with Crippen LogP contribution in [0, 0.1) is 13.8 Å². The third kappa shape index (κ3) is 3.25. The van der Waals surface area contributed by atoms with Crippen molar-refractivity contribution in [3.8, 4) is 0 Å². The fourth-order valence-electron chi connectivity index (χ4n) is 2.18. The van der Waals surface area contributed by atoms with Crippen molar-refractivity contribution in [3.05, 3.63) is 59.2 Å². The predicted molar refractivity (Wildman–Crippen MR) is 85.4 cm³/mol. The average Bonchev–Trinajstić information content (AvgIpc) is 2.40. The highest BCUT2D eigenvalue weighted by molar-refractivity contribution is 7.89. The van der Waals surface area contributed by atoms with Gasteiger partial charge in [0.1, 0.15) is 4.90 Å². The van der Waals surface area contributed by atoms with E-state index in [1.54, 1.807) is 25.2 Å². The Balaban J connectivity index is 2.33. The molecule has 0 aliphatic heterocycles. The van der Waals surface area contributed by atoms with Gasteiger partial charge in [-0.3, -0.25) is 0 Å². The molecule has 0 bridgehead atoms. The Labute approximate surface area is 126 Å². The summed E-state index contributed by atoms with van der Waals surface area (Å²) in [5.41, 5.74) is 9.13. The lowest BCUT2D eigenvalue weighted by Crippen LogP contribution is -2.27. The molecule has 5 heteroatoms. The number of aryl methyl sites for hydroxylation is 2. The maximum absolute atomic E-state index is 12.6. The molecule has 2 N–H and O–H groups in total. The molecule has 0 aromatic heterocycles. The molecule has 0 aliphatic rings. The van der Waals surface area contributed by atoms with Crippen LogP contribution in [-0.4, -0.2) is 19.8 Å². The molecular formula is C16H20N2O2S. The number of sulfonamides is 1. The van der Waals surface area contributed by atoms with Gasteiger partial charge in [0.2, 0.25) is 10.0 Å². The van der Waals surface area contributed by atoms with E-state index < -0.39 is 10.0 Å². The van der Waals surface area contributed by atoms with Crippen LogP contribution in [-0.2, 0) is 16.6 Å². The molecule has 0 amide bonds. The summed E-state index contributed by atoms with van der Waals surface area (Å²) in [6.45, 7) is 4.17. The molecule has 0 unspecified atom stereocenters. The minimum Gasteiger partial charge on any atom is -0.398 e. The van der Waals surface area contributed by atoms with Crippen LogP contribution in [0.2, 0.25) is 0 Å². The van der Waals surface area contributed by atoms with Crippen LogP contribution in [0.5, 0.6) is 0 Å². The van der Waals surface area contributed by atoms with E-state index >= 15 is 0 Å². The summed E-state index contributed by atoms with van der Waals surface area (Å²) in [7, 11) is -2.02. The predicted octanol–water partition coefficient (Wildman–Crippen LogP) is 2.71. The monoisotopic (exact) mass is 304 g/mol. The second-order valence-electron chi connectivity index (χ2n) is 5.23. The van der Waals surface area contributed by atoms with Gasteiger partial charge in [-0.25, -0.2) is 8.42 Å². The molecule has 2 aromatic rings. The zero-order valence-corrected chi connectivity index (χ0v) is 13.3. The second kappa shape index (κ2) is 5.87. The Morgan fingerprint density at radius 3 is 2.38 bits per heavy atom. The number of nitrogens with zero attached hydrogens (tertiary/aromatic N) is 1. The lowest BCUT2D eigenvalue weighted by atomic mass is 10.1. The molecule has 4 nitrogen and oxygen atoms in total. The van der Waals surface area contributed by atoms with Crippen LogP contribution < -0.4 is 5.73 Å². The molecule has 2 rings (SSSR count). The van der Waals surface area contributed by atoms with Crippen molar-refractivity contribution in [1.29, 1.82) is 0 Å². The van der Waals surface area contributed by atoms with Gasteiger partial charge in [-0.05, 0) is 42.7 Å². The normalized spacial score (nSPS) is 11.8. The number of anilines is 1. The molecule has 21 heavy (non-hydrogen) atoms. The SMILES string of the molecule is Cc1ccc(S(=O)(=O)N(C)Cc2ccccc2C)c(N)c1. The van der Waals surface area contributed by atoms with E-state index in [0.717, 1.165) is 16.7 Å². The molecule has 112 valence electrons. The van der Waals surface area contributed by atoms with Crippen LogP contribution in [0.4, 0.5) is 5.69 Å². The summed E-state index contributed by atoms with van der Waals surface area (Å²) in [5, 5.41) is 0. The standard InChI is InChI=1S/C16H20N2O2S/c1-12-8-9-16(15(17)10-12)21(19,20)18(3)11-14-7-5-4-6-13(14)2/h4-10H,11,17H2,1-3H3. The van der Waals surface area contributed by atoms with Gasteiger partial charge in [-0.1, -0.05) is 30.3 Å². The van der Waals surface area contributed by atoms with Crippen LogP contribution in [0.25, 0.3) is 0 Å². The lowest BCUT2D eigenvalue weighted by Gasteiger charge is -2.19. The van der Waals surface area contributed by atoms with E-state index in [1.165, 1.54) is 4.31 Å². The fraction of sp³-hybridized carbons (Fsp3) is 0.250. The van der Waals surface area contributed by atoms with Gasteiger partial charge in [0.05, 0.1) is 5.69 Å². The Morgan fingerprint density at radius 2 is 1.76 bits per heavy atom. The van der Waals surface area contributed by atoms with E-state index in [-0.39, 0.29) is 10.6 Å². The molecule has 2 aromatic carbocycles. The van der Waals surface area contributed by atoms with E-state index in [4.69, 9.17) is 5.73 Å². The van der Waals surface area contributed by atoms with Crippen molar-refractivity contribution in [3.63, 3.8) is 0 Å². The van der Waals surface area contributed by atoms with E-state index in [1.807, 2.05) is 38.1 Å². The zero-order chi connectivity index (χ0) is 15.6. The van der Waals surface area contributed by atoms with Crippen molar-refractivity contribution >= 4 is 15.7 Å². The Hall–Kier alpha value is -1.85. The molecule has 0 saturated carbocycles. The summed E-state index contributed by atoms with van der Waals surface area (Å²) >= 11 is 0. The fourth-order valence-corrected chi connectivity index (χ4v) is 3.42. The number of nitrogen functional groups attached to an aromatic ring is 1. The zero-order valence-electron chi connectivity index (χ0n) is 12.5. The molecular weight excluding hydrogens is 284 g/mol. The van der Waals surface area contributed by atoms with Crippen molar-refractivity contribution in [2.45, 2.75) is 25.3 Å². The van der Waals surface area contributed by atoms with Crippen molar-refractivity contribution in [2.24, 2.45) is 0 Å². The van der Waals surface area contributed by atoms with Gasteiger partial charge in [-0.15, -0.1) is 0 Å². The Bertz CT molecular complexity index is 755. The van der Waals surface area contributed by atoms with Crippen molar-refractivity contribution in [2.75, 3.05) is 12.8 Å². The average molecular weight is 304 g/mol. The highest BCUT2D eigenvalue weighted by Crippen LogP contribution is 2.24. The van der Waals surface area contributed by atoms with Gasteiger partial charge in [-0.2, -0.15) is 4.31 Å². The smallest absolute Gasteiger partial charge is 0.245 e. The van der Waals surface area contributed by atoms with Gasteiger partial charge >= 0.3 is 0 Å². The van der Waals surface area contributed by atoms with Crippen molar-refractivity contribution in [1.82, 2.24) is 4.31 Å². The van der Waals surface area contributed by atoms with E-state index in [9.17, 15) is 8.42 Å². The first-order valence-electron chi connectivity index (χ1n) is 6.69. The number of hydrogen-bond acceptors (Lipinski definition) is 3.